The Morgan fingerprint density at radius 3 is 1.88 bits per heavy atom. The number of unbranched alkanes of at least 4 members (excludes halogenated alkanes) is 2. The quantitative estimate of drug-likeness (QED) is 0.115. The normalized spacial score (nSPS) is 19.6. The predicted octanol–water partition coefficient (Wildman–Crippen LogP) is 16.0. The zero-order chi connectivity index (χ0) is 41.9. The molecule has 4 aromatic rings. The van der Waals surface area contributed by atoms with Crippen LogP contribution in [0.5, 0.6) is 0 Å². The van der Waals surface area contributed by atoms with Crippen LogP contribution in [-0.4, -0.2) is 5.11 Å². The molecule has 4 aliphatic carbocycles. The SMILES string of the molecule is CCCCC(C)(CC)c1ccc(N(c2ccc(C(O)c3ccccc3)cc2)c2ccc(C(C3=CC=C4C=CC5=C6C(=CC=C3C46)CC=C5)C(C)(CC)CCCC)cc2)cc1. The fourth-order valence-corrected chi connectivity index (χ4v) is 10.4. The highest BCUT2D eigenvalue weighted by molar-refractivity contribution is 5.77. The van der Waals surface area contributed by atoms with Gasteiger partial charge in [-0.1, -0.05) is 183 Å². The predicted molar refractivity (Wildman–Crippen MR) is 255 cm³/mol. The van der Waals surface area contributed by atoms with E-state index in [4.69, 9.17) is 0 Å². The average Bonchev–Trinajstić information content (AvgIpc) is 3.30. The van der Waals surface area contributed by atoms with Crippen molar-refractivity contribution in [3.8, 4) is 0 Å². The van der Waals surface area contributed by atoms with Gasteiger partial charge in [0.05, 0.1) is 0 Å². The third-order valence-electron chi connectivity index (χ3n) is 14.6. The molecular formula is C58H65NO. The van der Waals surface area contributed by atoms with Gasteiger partial charge in [0.1, 0.15) is 6.10 Å². The molecule has 5 atom stereocenters. The number of nitrogens with zero attached hydrogens (tertiary/aromatic N) is 1. The molecule has 5 unspecified atom stereocenters. The van der Waals surface area contributed by atoms with Crippen molar-refractivity contribution in [3.63, 3.8) is 0 Å². The first-order valence-electron chi connectivity index (χ1n) is 23.0. The standard InChI is InChI=1S/C58H65NO/c1-7-11-39-57(5,9-3)47-29-35-50(36-30-47)59(49-33-25-46(26-34-49)56(60)45-17-14-13-15-18-45)48-31-23-44(24-32-48)55(58(6,10-4)40-12-8-2)52-38-28-43-22-21-41-19-16-20-42-27-37-51(52)54(43)53(41)42/h13-19,21-38,54-56,60H,7-12,20,39-40H2,1-6H3. The van der Waals surface area contributed by atoms with Crippen molar-refractivity contribution in [2.75, 3.05) is 4.90 Å². The Hall–Kier alpha value is -5.18. The summed E-state index contributed by atoms with van der Waals surface area (Å²) >= 11 is 0. The molecule has 0 aliphatic heterocycles. The van der Waals surface area contributed by atoms with Crippen LogP contribution in [0.2, 0.25) is 0 Å². The van der Waals surface area contributed by atoms with E-state index in [2.05, 4.69) is 168 Å². The summed E-state index contributed by atoms with van der Waals surface area (Å²) in [6.45, 7) is 14.3. The Morgan fingerprint density at radius 1 is 0.633 bits per heavy atom. The highest BCUT2D eigenvalue weighted by Gasteiger charge is 2.42. The first-order chi connectivity index (χ1) is 29.2. The van der Waals surface area contributed by atoms with Crippen LogP contribution in [0, 0.1) is 11.3 Å². The van der Waals surface area contributed by atoms with Crippen LogP contribution in [0.25, 0.3) is 0 Å². The molecule has 8 rings (SSSR count). The number of hydrogen-bond acceptors (Lipinski definition) is 2. The second-order valence-electron chi connectivity index (χ2n) is 18.3. The summed E-state index contributed by atoms with van der Waals surface area (Å²) in [5.74, 6) is 0.555. The highest BCUT2D eigenvalue weighted by Crippen LogP contribution is 2.56. The van der Waals surface area contributed by atoms with Crippen LogP contribution in [0.1, 0.15) is 134 Å². The first-order valence-corrected chi connectivity index (χ1v) is 23.0. The van der Waals surface area contributed by atoms with E-state index in [0.717, 1.165) is 47.5 Å². The number of rotatable bonds is 17. The van der Waals surface area contributed by atoms with Gasteiger partial charge in [0.2, 0.25) is 0 Å². The summed E-state index contributed by atoms with van der Waals surface area (Å²) in [5.41, 5.74) is 16.9. The molecule has 4 aromatic carbocycles. The van der Waals surface area contributed by atoms with Crippen LogP contribution in [0.4, 0.5) is 17.1 Å². The van der Waals surface area contributed by atoms with Gasteiger partial charge in [0.15, 0.2) is 0 Å². The Bertz CT molecular complexity index is 2370. The van der Waals surface area contributed by atoms with E-state index in [-0.39, 0.29) is 16.7 Å². The third-order valence-corrected chi connectivity index (χ3v) is 14.6. The smallest absolute Gasteiger partial charge is 0.104 e. The largest absolute Gasteiger partial charge is 0.384 e. The van der Waals surface area contributed by atoms with Gasteiger partial charge in [-0.3, -0.25) is 0 Å². The number of benzene rings is 4. The lowest BCUT2D eigenvalue weighted by molar-refractivity contribution is 0.220. The average molecular weight is 792 g/mol. The van der Waals surface area contributed by atoms with Crippen molar-refractivity contribution >= 4 is 17.1 Å². The van der Waals surface area contributed by atoms with E-state index in [9.17, 15) is 5.11 Å². The molecule has 0 fully saturated rings. The van der Waals surface area contributed by atoms with Crippen molar-refractivity contribution in [2.24, 2.45) is 11.3 Å². The van der Waals surface area contributed by atoms with Gasteiger partial charge in [-0.15, -0.1) is 0 Å². The minimum absolute atomic E-state index is 0.0857. The Kier molecular flexibility index (Phi) is 12.3. The minimum atomic E-state index is -0.678. The number of aliphatic hydroxyl groups is 1. The maximum Gasteiger partial charge on any atom is 0.104 e. The maximum absolute atomic E-state index is 11.3. The molecule has 2 nitrogen and oxygen atoms in total. The summed E-state index contributed by atoms with van der Waals surface area (Å²) in [6, 6.07) is 37.3. The maximum atomic E-state index is 11.3. The summed E-state index contributed by atoms with van der Waals surface area (Å²) < 4.78 is 0. The molecule has 0 bridgehead atoms. The van der Waals surface area contributed by atoms with Gasteiger partial charge in [0, 0.05) is 28.9 Å². The lowest BCUT2D eigenvalue weighted by Crippen LogP contribution is -2.31. The van der Waals surface area contributed by atoms with E-state index in [0.29, 0.717) is 5.92 Å². The zero-order valence-electron chi connectivity index (χ0n) is 36.9. The van der Waals surface area contributed by atoms with Crippen molar-refractivity contribution in [2.45, 2.75) is 117 Å². The van der Waals surface area contributed by atoms with E-state index in [1.165, 1.54) is 83.1 Å². The molecule has 2 heteroatoms. The summed E-state index contributed by atoms with van der Waals surface area (Å²) in [5, 5.41) is 11.3. The second kappa shape index (κ2) is 17.8. The van der Waals surface area contributed by atoms with Gasteiger partial charge < -0.3 is 10.0 Å². The van der Waals surface area contributed by atoms with Crippen molar-refractivity contribution in [1.82, 2.24) is 0 Å². The van der Waals surface area contributed by atoms with Gasteiger partial charge in [-0.2, -0.15) is 0 Å². The zero-order valence-corrected chi connectivity index (χ0v) is 36.9. The van der Waals surface area contributed by atoms with Crippen molar-refractivity contribution < 1.29 is 5.11 Å². The molecule has 0 aromatic heterocycles. The number of aliphatic hydroxyl groups excluding tert-OH is 1. The topological polar surface area (TPSA) is 23.5 Å². The molecule has 60 heavy (non-hydrogen) atoms. The fraction of sp³-hybridized carbons (Fsp3) is 0.345. The van der Waals surface area contributed by atoms with E-state index >= 15 is 0 Å². The van der Waals surface area contributed by atoms with Gasteiger partial charge in [-0.05, 0) is 135 Å². The summed E-state index contributed by atoms with van der Waals surface area (Å²) in [4.78, 5) is 2.39. The molecule has 1 N–H and O–H groups in total. The monoisotopic (exact) mass is 792 g/mol. The van der Waals surface area contributed by atoms with Crippen molar-refractivity contribution in [1.29, 1.82) is 0 Å². The molecule has 4 aliphatic rings. The molecular weight excluding hydrogens is 727 g/mol. The number of hydrogen-bond donors (Lipinski definition) is 1. The van der Waals surface area contributed by atoms with Crippen LogP contribution in [0.15, 0.2) is 185 Å². The fourth-order valence-electron chi connectivity index (χ4n) is 10.4. The Labute approximate surface area is 361 Å². The summed E-state index contributed by atoms with van der Waals surface area (Å²) in [7, 11) is 0. The molecule has 0 saturated carbocycles. The molecule has 0 saturated heterocycles. The van der Waals surface area contributed by atoms with Crippen LogP contribution < -0.4 is 4.90 Å². The van der Waals surface area contributed by atoms with Crippen LogP contribution >= 0.6 is 0 Å². The lowest BCUT2D eigenvalue weighted by atomic mass is 9.59. The van der Waals surface area contributed by atoms with Gasteiger partial charge >= 0.3 is 0 Å². The number of anilines is 3. The molecule has 0 radical (unpaired) electrons. The van der Waals surface area contributed by atoms with Crippen LogP contribution in [0.3, 0.4) is 0 Å². The molecule has 0 heterocycles. The Balaban J connectivity index is 1.20. The van der Waals surface area contributed by atoms with Crippen molar-refractivity contribution in [3.05, 3.63) is 207 Å². The highest BCUT2D eigenvalue weighted by atomic mass is 16.3. The van der Waals surface area contributed by atoms with Crippen LogP contribution in [-0.2, 0) is 5.41 Å². The summed E-state index contributed by atoms with van der Waals surface area (Å²) in [6.07, 6.45) is 28.9. The van der Waals surface area contributed by atoms with E-state index in [1.54, 1.807) is 0 Å². The van der Waals surface area contributed by atoms with E-state index < -0.39 is 6.10 Å². The van der Waals surface area contributed by atoms with Gasteiger partial charge in [-0.25, -0.2) is 0 Å². The molecule has 0 amide bonds. The third kappa shape index (κ3) is 7.92. The second-order valence-corrected chi connectivity index (χ2v) is 18.3. The van der Waals surface area contributed by atoms with Gasteiger partial charge in [0.25, 0.3) is 0 Å². The minimum Gasteiger partial charge on any atom is -0.384 e. The first kappa shape index (κ1) is 41.5. The Morgan fingerprint density at radius 2 is 1.25 bits per heavy atom. The van der Waals surface area contributed by atoms with E-state index in [1.807, 2.05) is 30.3 Å². The molecule has 0 spiro atoms. The lowest BCUT2D eigenvalue weighted by Gasteiger charge is -2.44. The number of allylic oxidation sites excluding steroid dienone is 14. The molecule has 308 valence electrons.